The van der Waals surface area contributed by atoms with Crippen molar-refractivity contribution in [2.75, 3.05) is 4.72 Å². The van der Waals surface area contributed by atoms with Gasteiger partial charge >= 0.3 is 0 Å². The first-order chi connectivity index (χ1) is 12.2. The molecule has 0 saturated carbocycles. The van der Waals surface area contributed by atoms with E-state index < -0.39 is 10.0 Å². The number of nitrogens with zero attached hydrogens (tertiary/aromatic N) is 2. The van der Waals surface area contributed by atoms with Crippen molar-refractivity contribution < 1.29 is 8.42 Å². The molecule has 1 aromatic heterocycles. The standard InChI is InChI=1S/C18H17BrClN3O2S/c1-12-8-18(13(2)7-17(12)20)26(24,25)22-16-9-21-23(11-16)10-14-3-5-15(19)6-4-14/h3-9,11,22H,10H2,1-2H3. The van der Waals surface area contributed by atoms with E-state index in [1.165, 1.54) is 6.20 Å². The number of anilines is 1. The summed E-state index contributed by atoms with van der Waals surface area (Å²) >= 11 is 9.45. The molecule has 0 saturated heterocycles. The van der Waals surface area contributed by atoms with Crippen LogP contribution >= 0.6 is 27.5 Å². The second-order valence-electron chi connectivity index (χ2n) is 6.03. The Morgan fingerprint density at radius 2 is 1.85 bits per heavy atom. The van der Waals surface area contributed by atoms with Crippen molar-refractivity contribution >= 4 is 43.2 Å². The van der Waals surface area contributed by atoms with Gasteiger partial charge in [-0.1, -0.05) is 39.7 Å². The third-order valence-corrected chi connectivity index (χ3v) is 6.35. The van der Waals surface area contributed by atoms with Gasteiger partial charge in [-0.2, -0.15) is 5.10 Å². The van der Waals surface area contributed by atoms with Crippen molar-refractivity contribution in [1.29, 1.82) is 0 Å². The highest BCUT2D eigenvalue weighted by molar-refractivity contribution is 9.10. The van der Waals surface area contributed by atoms with Crippen molar-refractivity contribution in [1.82, 2.24) is 9.78 Å². The Morgan fingerprint density at radius 1 is 1.15 bits per heavy atom. The molecule has 1 heterocycles. The number of rotatable bonds is 5. The molecule has 2 aromatic carbocycles. The first-order valence-corrected chi connectivity index (χ1v) is 10.5. The zero-order valence-corrected chi connectivity index (χ0v) is 17.4. The summed E-state index contributed by atoms with van der Waals surface area (Å²) in [5.74, 6) is 0. The van der Waals surface area contributed by atoms with E-state index in [1.54, 1.807) is 36.9 Å². The molecule has 0 radical (unpaired) electrons. The van der Waals surface area contributed by atoms with Crippen LogP contribution in [0.3, 0.4) is 0 Å². The Bertz CT molecular complexity index is 1050. The summed E-state index contributed by atoms with van der Waals surface area (Å²) in [6, 6.07) is 11.1. The Morgan fingerprint density at radius 3 is 2.54 bits per heavy atom. The number of aromatic nitrogens is 2. The molecule has 0 spiro atoms. The maximum atomic E-state index is 12.7. The van der Waals surface area contributed by atoms with Crippen LogP contribution in [0, 0.1) is 13.8 Å². The molecule has 0 atom stereocenters. The number of aryl methyl sites for hydroxylation is 2. The Hall–Kier alpha value is -1.83. The smallest absolute Gasteiger partial charge is 0.262 e. The SMILES string of the molecule is Cc1cc(S(=O)(=O)Nc2cnn(Cc3ccc(Br)cc3)c2)c(C)cc1Cl. The molecule has 0 unspecified atom stereocenters. The maximum Gasteiger partial charge on any atom is 0.262 e. The van der Waals surface area contributed by atoms with Crippen LogP contribution in [0.25, 0.3) is 0 Å². The average Bonchev–Trinajstić information content (AvgIpc) is 2.99. The van der Waals surface area contributed by atoms with E-state index in [-0.39, 0.29) is 4.90 Å². The number of benzene rings is 2. The lowest BCUT2D eigenvalue weighted by Gasteiger charge is -2.10. The van der Waals surface area contributed by atoms with Gasteiger partial charge in [0.1, 0.15) is 0 Å². The average molecular weight is 455 g/mol. The molecule has 3 rings (SSSR count). The van der Waals surface area contributed by atoms with Gasteiger partial charge in [-0.15, -0.1) is 0 Å². The van der Waals surface area contributed by atoms with Crippen LogP contribution in [0.4, 0.5) is 5.69 Å². The molecule has 0 aliphatic carbocycles. The zero-order chi connectivity index (χ0) is 18.9. The van der Waals surface area contributed by atoms with Crippen molar-refractivity contribution in [3.63, 3.8) is 0 Å². The van der Waals surface area contributed by atoms with E-state index in [2.05, 4.69) is 25.8 Å². The second-order valence-corrected chi connectivity index (χ2v) is 9.00. The number of hydrogen-bond donors (Lipinski definition) is 1. The lowest BCUT2D eigenvalue weighted by atomic mass is 10.2. The third-order valence-electron chi connectivity index (χ3n) is 3.89. The van der Waals surface area contributed by atoms with E-state index >= 15 is 0 Å². The van der Waals surface area contributed by atoms with Crippen LogP contribution in [0.1, 0.15) is 16.7 Å². The summed E-state index contributed by atoms with van der Waals surface area (Å²) in [4.78, 5) is 0.208. The molecule has 0 fully saturated rings. The Kier molecular flexibility index (Phi) is 5.41. The quantitative estimate of drug-likeness (QED) is 0.604. The summed E-state index contributed by atoms with van der Waals surface area (Å²) in [6.07, 6.45) is 3.16. The minimum atomic E-state index is -3.72. The van der Waals surface area contributed by atoms with E-state index in [0.29, 0.717) is 28.4 Å². The van der Waals surface area contributed by atoms with Crippen LogP contribution < -0.4 is 4.72 Å². The van der Waals surface area contributed by atoms with Gasteiger partial charge in [-0.25, -0.2) is 8.42 Å². The molecule has 136 valence electrons. The van der Waals surface area contributed by atoms with Gasteiger partial charge in [0.15, 0.2) is 0 Å². The minimum Gasteiger partial charge on any atom is -0.276 e. The van der Waals surface area contributed by atoms with Gasteiger partial charge in [0.05, 0.1) is 23.3 Å². The summed E-state index contributed by atoms with van der Waals surface area (Å²) in [7, 11) is -3.72. The predicted molar refractivity (Wildman–Crippen MR) is 107 cm³/mol. The first-order valence-electron chi connectivity index (χ1n) is 7.81. The van der Waals surface area contributed by atoms with E-state index in [9.17, 15) is 8.42 Å². The minimum absolute atomic E-state index is 0.208. The van der Waals surface area contributed by atoms with Gasteiger partial charge in [0, 0.05) is 15.7 Å². The number of sulfonamides is 1. The number of nitrogens with one attached hydrogen (secondary N) is 1. The molecule has 8 heteroatoms. The topological polar surface area (TPSA) is 64.0 Å². The molecule has 3 aromatic rings. The summed E-state index contributed by atoms with van der Waals surface area (Å²) in [5, 5.41) is 4.77. The van der Waals surface area contributed by atoms with E-state index in [4.69, 9.17) is 11.6 Å². The largest absolute Gasteiger partial charge is 0.276 e. The highest BCUT2D eigenvalue weighted by Gasteiger charge is 2.19. The van der Waals surface area contributed by atoms with Gasteiger partial charge < -0.3 is 0 Å². The van der Waals surface area contributed by atoms with Crippen LogP contribution in [-0.2, 0) is 16.6 Å². The molecule has 0 aliphatic rings. The van der Waals surface area contributed by atoms with Crippen LogP contribution in [0.2, 0.25) is 5.02 Å². The highest BCUT2D eigenvalue weighted by Crippen LogP contribution is 2.25. The summed E-state index contributed by atoms with van der Waals surface area (Å²) < 4.78 is 30.6. The van der Waals surface area contributed by atoms with Gasteiger partial charge in [0.25, 0.3) is 10.0 Å². The molecular weight excluding hydrogens is 438 g/mol. The molecule has 26 heavy (non-hydrogen) atoms. The Balaban J connectivity index is 1.80. The van der Waals surface area contributed by atoms with Gasteiger partial charge in [0.2, 0.25) is 0 Å². The van der Waals surface area contributed by atoms with Crippen molar-refractivity contribution in [3.05, 3.63) is 75.0 Å². The van der Waals surface area contributed by atoms with Crippen LogP contribution in [0.15, 0.2) is 58.2 Å². The predicted octanol–water partition coefficient (Wildman–Crippen LogP) is 4.76. The maximum absolute atomic E-state index is 12.7. The second kappa shape index (κ2) is 7.42. The number of halogens is 2. The van der Waals surface area contributed by atoms with Crippen LogP contribution in [0.5, 0.6) is 0 Å². The molecular formula is C18H17BrClN3O2S. The fraction of sp³-hybridized carbons (Fsp3) is 0.167. The summed E-state index contributed by atoms with van der Waals surface area (Å²) in [5.41, 5.74) is 2.78. The third kappa shape index (κ3) is 4.28. The normalized spacial score (nSPS) is 11.5. The van der Waals surface area contributed by atoms with Crippen LogP contribution in [-0.4, -0.2) is 18.2 Å². The number of hydrogen-bond acceptors (Lipinski definition) is 3. The molecule has 0 bridgehead atoms. The van der Waals surface area contributed by atoms with Gasteiger partial charge in [-0.05, 0) is 54.8 Å². The zero-order valence-electron chi connectivity index (χ0n) is 14.2. The monoisotopic (exact) mass is 453 g/mol. The molecule has 0 amide bonds. The lowest BCUT2D eigenvalue weighted by Crippen LogP contribution is -2.14. The van der Waals surface area contributed by atoms with E-state index in [0.717, 1.165) is 10.0 Å². The Labute approximate surface area is 166 Å². The molecule has 0 aliphatic heterocycles. The van der Waals surface area contributed by atoms with Crippen molar-refractivity contribution in [3.8, 4) is 0 Å². The van der Waals surface area contributed by atoms with E-state index in [1.807, 2.05) is 24.3 Å². The highest BCUT2D eigenvalue weighted by atomic mass is 79.9. The fourth-order valence-electron chi connectivity index (χ4n) is 2.53. The lowest BCUT2D eigenvalue weighted by molar-refractivity contribution is 0.600. The van der Waals surface area contributed by atoms with Gasteiger partial charge in [-0.3, -0.25) is 9.40 Å². The fourth-order valence-corrected chi connectivity index (χ4v) is 4.36. The molecule has 1 N–H and O–H groups in total. The van der Waals surface area contributed by atoms with Crippen molar-refractivity contribution in [2.24, 2.45) is 0 Å². The van der Waals surface area contributed by atoms with Crippen molar-refractivity contribution in [2.45, 2.75) is 25.3 Å². The summed E-state index contributed by atoms with van der Waals surface area (Å²) in [6.45, 7) is 4.04. The molecule has 5 nitrogen and oxygen atoms in total. The first kappa shape index (κ1) is 18.9.